The summed E-state index contributed by atoms with van der Waals surface area (Å²) in [6, 6.07) is 0.883. The normalized spacial score (nSPS) is 21.3. The maximum atomic E-state index is 4.73. The van der Waals surface area contributed by atoms with Crippen molar-refractivity contribution < 1.29 is 0 Å². The average molecular weight is 417 g/mol. The van der Waals surface area contributed by atoms with E-state index in [0.29, 0.717) is 12.1 Å². The summed E-state index contributed by atoms with van der Waals surface area (Å²) >= 11 is 0. The minimum atomic E-state index is 0. The minimum Gasteiger partial charge on any atom is -0.356 e. The highest BCUT2D eigenvalue weighted by Crippen LogP contribution is 2.27. The lowest BCUT2D eigenvalue weighted by atomic mass is 9.94. The van der Waals surface area contributed by atoms with Gasteiger partial charge >= 0.3 is 0 Å². The molecule has 6 heteroatoms. The van der Waals surface area contributed by atoms with E-state index in [1.165, 1.54) is 24.1 Å². The van der Waals surface area contributed by atoms with Crippen LogP contribution in [-0.2, 0) is 12.8 Å². The molecule has 0 radical (unpaired) electrons. The molecule has 3 rings (SSSR count). The molecule has 22 heavy (non-hydrogen) atoms. The highest BCUT2D eigenvalue weighted by Gasteiger charge is 2.24. The van der Waals surface area contributed by atoms with Gasteiger partial charge in [0.2, 0.25) is 0 Å². The first-order valence-electron chi connectivity index (χ1n) is 8.19. The van der Waals surface area contributed by atoms with Gasteiger partial charge in [-0.1, -0.05) is 0 Å². The average Bonchev–Trinajstić information content (AvgIpc) is 3.20. The van der Waals surface area contributed by atoms with Gasteiger partial charge in [-0.2, -0.15) is 5.10 Å². The van der Waals surface area contributed by atoms with Crippen molar-refractivity contribution in [2.75, 3.05) is 13.6 Å². The van der Waals surface area contributed by atoms with E-state index in [9.17, 15) is 0 Å². The molecule has 0 bridgehead atoms. The maximum absolute atomic E-state index is 4.73. The number of hydrogen-bond donors (Lipinski definition) is 2. The van der Waals surface area contributed by atoms with E-state index in [4.69, 9.17) is 5.10 Å². The van der Waals surface area contributed by atoms with Gasteiger partial charge in [0.15, 0.2) is 5.96 Å². The van der Waals surface area contributed by atoms with Crippen LogP contribution in [0.1, 0.15) is 50.4 Å². The summed E-state index contributed by atoms with van der Waals surface area (Å²) in [4.78, 5) is 4.34. The molecule has 1 aromatic rings. The SMILES string of the molecule is CN=C(NCC1CC1)NC1CCc2cn(C(C)C)nc2C1.I. The Balaban J connectivity index is 0.00000176. The van der Waals surface area contributed by atoms with Gasteiger partial charge in [0.05, 0.1) is 5.69 Å². The Bertz CT molecular complexity index is 519. The zero-order valence-electron chi connectivity index (χ0n) is 13.8. The van der Waals surface area contributed by atoms with E-state index in [-0.39, 0.29) is 24.0 Å². The summed E-state index contributed by atoms with van der Waals surface area (Å²) in [5, 5.41) is 11.7. The number of aryl methyl sites for hydroxylation is 1. The van der Waals surface area contributed by atoms with Crippen molar-refractivity contribution in [2.45, 2.75) is 58.0 Å². The van der Waals surface area contributed by atoms with Crippen LogP contribution in [0, 0.1) is 5.92 Å². The third kappa shape index (κ3) is 4.36. The number of fused-ring (bicyclic) bond motifs is 1. The second-order valence-corrected chi connectivity index (χ2v) is 6.66. The molecule has 0 saturated heterocycles. The molecule has 1 heterocycles. The van der Waals surface area contributed by atoms with E-state index in [2.05, 4.69) is 40.4 Å². The predicted molar refractivity (Wildman–Crippen MR) is 101 cm³/mol. The highest BCUT2D eigenvalue weighted by molar-refractivity contribution is 14.0. The number of hydrogen-bond acceptors (Lipinski definition) is 2. The summed E-state index contributed by atoms with van der Waals surface area (Å²) in [6.07, 6.45) is 8.21. The van der Waals surface area contributed by atoms with Crippen LogP contribution >= 0.6 is 24.0 Å². The number of nitrogens with one attached hydrogen (secondary N) is 2. The lowest BCUT2D eigenvalue weighted by Crippen LogP contribution is -2.46. The molecular weight excluding hydrogens is 389 g/mol. The highest BCUT2D eigenvalue weighted by atomic mass is 127. The Morgan fingerprint density at radius 2 is 2.18 bits per heavy atom. The maximum Gasteiger partial charge on any atom is 0.191 e. The lowest BCUT2D eigenvalue weighted by molar-refractivity contribution is 0.499. The minimum absolute atomic E-state index is 0. The molecule has 1 saturated carbocycles. The number of nitrogens with zero attached hydrogens (tertiary/aromatic N) is 3. The van der Waals surface area contributed by atoms with Crippen molar-refractivity contribution in [3.8, 4) is 0 Å². The molecule has 0 aromatic carbocycles. The van der Waals surface area contributed by atoms with Crippen LogP contribution in [0.25, 0.3) is 0 Å². The van der Waals surface area contributed by atoms with E-state index in [1.807, 2.05) is 7.05 Å². The Hall–Kier alpha value is -0.790. The van der Waals surface area contributed by atoms with Gasteiger partial charge in [0.25, 0.3) is 0 Å². The predicted octanol–water partition coefficient (Wildman–Crippen LogP) is 2.51. The Morgan fingerprint density at radius 3 is 2.82 bits per heavy atom. The fraction of sp³-hybridized carbons (Fsp3) is 0.750. The van der Waals surface area contributed by atoms with E-state index in [1.54, 1.807) is 0 Å². The van der Waals surface area contributed by atoms with Crippen molar-refractivity contribution >= 4 is 29.9 Å². The molecule has 124 valence electrons. The molecule has 2 aliphatic rings. The number of guanidine groups is 1. The van der Waals surface area contributed by atoms with E-state index >= 15 is 0 Å². The first-order chi connectivity index (χ1) is 10.2. The van der Waals surface area contributed by atoms with Crippen molar-refractivity contribution in [2.24, 2.45) is 10.9 Å². The number of halogens is 1. The van der Waals surface area contributed by atoms with Crippen LogP contribution in [-0.4, -0.2) is 35.4 Å². The van der Waals surface area contributed by atoms with Gasteiger partial charge in [0, 0.05) is 38.3 Å². The molecule has 0 amide bonds. The largest absolute Gasteiger partial charge is 0.356 e. The number of aliphatic imine (C=N–C) groups is 1. The first kappa shape index (κ1) is 17.6. The van der Waals surface area contributed by atoms with Gasteiger partial charge in [-0.15, -0.1) is 24.0 Å². The zero-order valence-corrected chi connectivity index (χ0v) is 16.1. The summed E-state index contributed by atoms with van der Waals surface area (Å²) in [7, 11) is 1.85. The first-order valence-corrected chi connectivity index (χ1v) is 8.19. The molecule has 5 nitrogen and oxygen atoms in total. The molecule has 1 fully saturated rings. The smallest absolute Gasteiger partial charge is 0.191 e. The molecule has 1 atom stereocenters. The Labute approximate surface area is 150 Å². The fourth-order valence-electron chi connectivity index (χ4n) is 2.85. The quantitative estimate of drug-likeness (QED) is 0.450. The molecule has 0 spiro atoms. The van der Waals surface area contributed by atoms with Crippen LogP contribution in [0.15, 0.2) is 11.2 Å². The Morgan fingerprint density at radius 1 is 1.41 bits per heavy atom. The van der Waals surface area contributed by atoms with Crippen LogP contribution in [0.3, 0.4) is 0 Å². The molecule has 1 aromatic heterocycles. The van der Waals surface area contributed by atoms with Gasteiger partial charge in [-0.05, 0) is 51.0 Å². The van der Waals surface area contributed by atoms with Crippen molar-refractivity contribution in [3.05, 3.63) is 17.5 Å². The molecule has 1 unspecified atom stereocenters. The summed E-state index contributed by atoms with van der Waals surface area (Å²) in [5.74, 6) is 1.81. The Kier molecular flexibility index (Phi) is 6.11. The number of rotatable bonds is 4. The van der Waals surface area contributed by atoms with Crippen LogP contribution in [0.5, 0.6) is 0 Å². The standard InChI is InChI=1S/C16H27N5.HI/c1-11(2)21-10-13-6-7-14(8-15(13)20-21)19-16(17-3)18-9-12-4-5-12;/h10-12,14H,4-9H2,1-3H3,(H2,17,18,19);1H. The van der Waals surface area contributed by atoms with Crippen LogP contribution in [0.4, 0.5) is 0 Å². The topological polar surface area (TPSA) is 54.2 Å². The monoisotopic (exact) mass is 417 g/mol. The molecule has 0 aliphatic heterocycles. The molecule has 2 aliphatic carbocycles. The van der Waals surface area contributed by atoms with Gasteiger partial charge < -0.3 is 10.6 Å². The summed E-state index contributed by atoms with van der Waals surface area (Å²) in [5.41, 5.74) is 2.67. The summed E-state index contributed by atoms with van der Waals surface area (Å²) < 4.78 is 2.09. The zero-order chi connectivity index (χ0) is 14.8. The van der Waals surface area contributed by atoms with Crippen molar-refractivity contribution in [1.29, 1.82) is 0 Å². The second-order valence-electron chi connectivity index (χ2n) is 6.66. The van der Waals surface area contributed by atoms with Gasteiger partial charge in [0.1, 0.15) is 0 Å². The van der Waals surface area contributed by atoms with E-state index in [0.717, 1.165) is 37.7 Å². The van der Waals surface area contributed by atoms with Gasteiger partial charge in [-0.3, -0.25) is 9.67 Å². The lowest BCUT2D eigenvalue weighted by Gasteiger charge is -2.24. The third-order valence-electron chi connectivity index (χ3n) is 4.45. The van der Waals surface area contributed by atoms with Crippen LogP contribution in [0.2, 0.25) is 0 Å². The fourth-order valence-corrected chi connectivity index (χ4v) is 2.85. The summed E-state index contributed by atoms with van der Waals surface area (Å²) in [6.45, 7) is 5.41. The molecule has 2 N–H and O–H groups in total. The second kappa shape index (κ2) is 7.66. The van der Waals surface area contributed by atoms with Gasteiger partial charge in [-0.25, -0.2) is 0 Å². The third-order valence-corrected chi connectivity index (χ3v) is 4.45. The van der Waals surface area contributed by atoms with Crippen LogP contribution < -0.4 is 10.6 Å². The molecular formula is C16H28IN5. The van der Waals surface area contributed by atoms with Crippen molar-refractivity contribution in [1.82, 2.24) is 20.4 Å². The number of aromatic nitrogens is 2. The van der Waals surface area contributed by atoms with Crippen molar-refractivity contribution in [3.63, 3.8) is 0 Å². The van der Waals surface area contributed by atoms with E-state index < -0.39 is 0 Å².